The Morgan fingerprint density at radius 3 is 2.82 bits per heavy atom. The third-order valence-corrected chi connectivity index (χ3v) is 1.88. The van der Waals surface area contributed by atoms with Crippen LogP contribution in [0.5, 0.6) is 0 Å². The third-order valence-electron chi connectivity index (χ3n) is 1.88. The lowest BCUT2D eigenvalue weighted by Crippen LogP contribution is -2.35. The van der Waals surface area contributed by atoms with Crippen LogP contribution in [0.3, 0.4) is 0 Å². The molecule has 0 aromatic carbocycles. The largest absolute Gasteiger partial charge is 0.381 e. The van der Waals surface area contributed by atoms with Crippen LogP contribution in [0.25, 0.3) is 4.85 Å². The zero-order valence-corrected chi connectivity index (χ0v) is 6.68. The van der Waals surface area contributed by atoms with E-state index >= 15 is 0 Å². The molecule has 62 valence electrons. The van der Waals surface area contributed by atoms with Gasteiger partial charge in [0.15, 0.2) is 0 Å². The Balaban J connectivity index is 2.01. The Morgan fingerprint density at radius 2 is 2.18 bits per heavy atom. The van der Waals surface area contributed by atoms with Gasteiger partial charge in [-0.1, -0.05) is 0 Å². The molecule has 3 nitrogen and oxygen atoms in total. The molecule has 0 spiro atoms. The number of hydrogen-bond donors (Lipinski definition) is 1. The minimum absolute atomic E-state index is 0.588. The molecule has 0 aromatic heterocycles. The highest BCUT2D eigenvalue weighted by molar-refractivity contribution is 4.72. The fourth-order valence-corrected chi connectivity index (χ4v) is 1.23. The molecule has 11 heavy (non-hydrogen) atoms. The molecule has 1 N–H and O–H groups in total. The van der Waals surface area contributed by atoms with Crippen molar-refractivity contribution < 1.29 is 4.74 Å². The lowest BCUT2D eigenvalue weighted by Gasteiger charge is -2.22. The van der Waals surface area contributed by atoms with Crippen molar-refractivity contribution in [2.45, 2.75) is 18.9 Å². The normalized spacial score (nSPS) is 19.5. The summed E-state index contributed by atoms with van der Waals surface area (Å²) in [5.74, 6) is 0. The molecule has 0 amide bonds. The van der Waals surface area contributed by atoms with Gasteiger partial charge in [0.05, 0.1) is 6.54 Å². The molecule has 0 aliphatic carbocycles. The first-order valence-electron chi connectivity index (χ1n) is 4.08. The van der Waals surface area contributed by atoms with Crippen LogP contribution in [0.4, 0.5) is 0 Å². The lowest BCUT2D eigenvalue weighted by atomic mass is 10.1. The van der Waals surface area contributed by atoms with Crippen LogP contribution < -0.4 is 5.32 Å². The topological polar surface area (TPSA) is 25.6 Å². The van der Waals surface area contributed by atoms with Gasteiger partial charge in [0.1, 0.15) is 0 Å². The highest BCUT2D eigenvalue weighted by Crippen LogP contribution is 2.05. The maximum Gasteiger partial charge on any atom is 0.226 e. The van der Waals surface area contributed by atoms with Crippen molar-refractivity contribution in [3.8, 4) is 0 Å². The van der Waals surface area contributed by atoms with Crippen molar-refractivity contribution in [3.63, 3.8) is 0 Å². The van der Waals surface area contributed by atoms with Crippen LogP contribution in [-0.2, 0) is 4.74 Å². The average Bonchev–Trinajstić information content (AvgIpc) is 2.07. The predicted octanol–water partition coefficient (Wildman–Crippen LogP) is 0.674. The molecule has 1 heterocycles. The Bertz CT molecular complexity index is 136. The molecule has 1 aliphatic heterocycles. The molecule has 0 unspecified atom stereocenters. The zero-order chi connectivity index (χ0) is 7.94. The van der Waals surface area contributed by atoms with Gasteiger partial charge in [-0.25, -0.2) is 6.57 Å². The van der Waals surface area contributed by atoms with Crippen LogP contribution >= 0.6 is 0 Å². The summed E-state index contributed by atoms with van der Waals surface area (Å²) in [5.41, 5.74) is 0. The summed E-state index contributed by atoms with van der Waals surface area (Å²) in [6, 6.07) is 0.588. The second kappa shape index (κ2) is 5.11. The maximum atomic E-state index is 6.58. The molecule has 0 radical (unpaired) electrons. The van der Waals surface area contributed by atoms with Gasteiger partial charge in [-0.3, -0.25) is 0 Å². The van der Waals surface area contributed by atoms with Crippen molar-refractivity contribution in [1.82, 2.24) is 5.32 Å². The van der Waals surface area contributed by atoms with Crippen LogP contribution in [-0.4, -0.2) is 32.3 Å². The van der Waals surface area contributed by atoms with E-state index in [4.69, 9.17) is 11.3 Å². The third kappa shape index (κ3) is 3.35. The molecule has 0 aromatic rings. The molecule has 1 fully saturated rings. The molecule has 0 bridgehead atoms. The average molecular weight is 154 g/mol. The molecule has 1 saturated heterocycles. The Morgan fingerprint density at radius 1 is 1.45 bits per heavy atom. The lowest BCUT2D eigenvalue weighted by molar-refractivity contribution is 0.0784. The van der Waals surface area contributed by atoms with Crippen LogP contribution in [0.1, 0.15) is 12.8 Å². The monoisotopic (exact) mass is 154 g/mol. The van der Waals surface area contributed by atoms with Crippen molar-refractivity contribution in [1.29, 1.82) is 0 Å². The van der Waals surface area contributed by atoms with E-state index in [0.29, 0.717) is 12.6 Å². The van der Waals surface area contributed by atoms with E-state index in [9.17, 15) is 0 Å². The fourth-order valence-electron chi connectivity index (χ4n) is 1.23. The standard InChI is InChI=1S/C8H14N2O/c1-9-4-5-10-8-2-6-11-7-3-8/h8,10H,2-7H2. The molecule has 1 rings (SSSR count). The minimum Gasteiger partial charge on any atom is -0.381 e. The molecule has 1 aliphatic rings. The van der Waals surface area contributed by atoms with Crippen LogP contribution in [0.2, 0.25) is 0 Å². The van der Waals surface area contributed by atoms with Crippen molar-refractivity contribution in [2.24, 2.45) is 0 Å². The van der Waals surface area contributed by atoms with E-state index in [-0.39, 0.29) is 0 Å². The molecule has 0 saturated carbocycles. The number of rotatable bonds is 3. The van der Waals surface area contributed by atoms with E-state index in [0.717, 1.165) is 32.6 Å². The van der Waals surface area contributed by atoms with Crippen molar-refractivity contribution in [3.05, 3.63) is 11.4 Å². The minimum atomic E-state index is 0.588. The predicted molar refractivity (Wildman–Crippen MR) is 43.3 cm³/mol. The first kappa shape index (κ1) is 8.51. The SMILES string of the molecule is [C-]#[N+]CCNC1CCOCC1. The quantitative estimate of drug-likeness (QED) is 0.477. The van der Waals surface area contributed by atoms with Gasteiger partial charge in [0.25, 0.3) is 0 Å². The summed E-state index contributed by atoms with van der Waals surface area (Å²) >= 11 is 0. The van der Waals surface area contributed by atoms with Gasteiger partial charge in [0.2, 0.25) is 6.54 Å². The first-order chi connectivity index (χ1) is 5.43. The van der Waals surface area contributed by atoms with Gasteiger partial charge < -0.3 is 14.9 Å². The summed E-state index contributed by atoms with van der Waals surface area (Å²) in [5, 5.41) is 3.33. The van der Waals surface area contributed by atoms with E-state index in [1.807, 2.05) is 0 Å². The number of nitrogens with one attached hydrogen (secondary N) is 1. The van der Waals surface area contributed by atoms with E-state index in [1.165, 1.54) is 0 Å². The zero-order valence-electron chi connectivity index (χ0n) is 6.68. The molecular formula is C8H14N2O. The highest BCUT2D eigenvalue weighted by atomic mass is 16.5. The molecule has 0 atom stereocenters. The van der Waals surface area contributed by atoms with Gasteiger partial charge in [-0.15, -0.1) is 0 Å². The first-order valence-corrected chi connectivity index (χ1v) is 4.08. The van der Waals surface area contributed by atoms with Crippen molar-refractivity contribution in [2.75, 3.05) is 26.3 Å². The smallest absolute Gasteiger partial charge is 0.226 e. The fraction of sp³-hybridized carbons (Fsp3) is 0.875. The van der Waals surface area contributed by atoms with E-state index in [2.05, 4.69) is 10.2 Å². The molecule has 3 heteroatoms. The van der Waals surface area contributed by atoms with Crippen LogP contribution in [0, 0.1) is 6.57 Å². The maximum absolute atomic E-state index is 6.58. The van der Waals surface area contributed by atoms with Gasteiger partial charge in [-0.05, 0) is 12.8 Å². The highest BCUT2D eigenvalue weighted by Gasteiger charge is 2.12. The number of nitrogens with zero attached hydrogens (tertiary/aromatic N) is 1. The summed E-state index contributed by atoms with van der Waals surface area (Å²) in [7, 11) is 0. The molecular weight excluding hydrogens is 140 g/mol. The summed E-state index contributed by atoms with van der Waals surface area (Å²) < 4.78 is 5.21. The Labute approximate surface area is 67.6 Å². The van der Waals surface area contributed by atoms with E-state index in [1.54, 1.807) is 0 Å². The summed E-state index contributed by atoms with van der Waals surface area (Å²) in [6.45, 7) is 9.74. The van der Waals surface area contributed by atoms with Gasteiger partial charge >= 0.3 is 0 Å². The Kier molecular flexibility index (Phi) is 3.95. The summed E-state index contributed by atoms with van der Waals surface area (Å²) in [4.78, 5) is 3.28. The second-order valence-electron chi connectivity index (χ2n) is 2.72. The van der Waals surface area contributed by atoms with Gasteiger partial charge in [-0.2, -0.15) is 0 Å². The summed E-state index contributed by atoms with van der Waals surface area (Å²) in [6.07, 6.45) is 2.19. The van der Waals surface area contributed by atoms with Crippen molar-refractivity contribution >= 4 is 0 Å². The van der Waals surface area contributed by atoms with Crippen LogP contribution in [0.15, 0.2) is 0 Å². The van der Waals surface area contributed by atoms with E-state index < -0.39 is 0 Å². The van der Waals surface area contributed by atoms with Gasteiger partial charge in [0, 0.05) is 19.3 Å². The second-order valence-corrected chi connectivity index (χ2v) is 2.72. The number of hydrogen-bond acceptors (Lipinski definition) is 2. The number of ether oxygens (including phenoxy) is 1. The Hall–Kier alpha value is -0.590.